The molecule has 1 saturated carbocycles. The van der Waals surface area contributed by atoms with Crippen LogP contribution in [0.1, 0.15) is 38.5 Å². The van der Waals surface area contributed by atoms with Gasteiger partial charge in [0.1, 0.15) is 0 Å². The average Bonchev–Trinajstić information content (AvgIpc) is 3.14. The lowest BCUT2D eigenvalue weighted by molar-refractivity contribution is -0.131. The van der Waals surface area contributed by atoms with E-state index in [0.717, 1.165) is 0 Å². The molecule has 0 spiro atoms. The summed E-state index contributed by atoms with van der Waals surface area (Å²) < 4.78 is 0. The molecule has 126 valence electrons. The molecule has 0 bridgehead atoms. The Morgan fingerprint density at radius 3 is 2.57 bits per heavy atom. The van der Waals surface area contributed by atoms with E-state index in [4.69, 9.17) is 0 Å². The van der Waals surface area contributed by atoms with Crippen molar-refractivity contribution in [1.29, 1.82) is 0 Å². The quantitative estimate of drug-likeness (QED) is 0.769. The molecule has 0 radical (unpaired) electrons. The molecule has 3 nitrogen and oxygen atoms in total. The molecule has 2 aliphatic rings. The van der Waals surface area contributed by atoms with Gasteiger partial charge in [-0.1, -0.05) is 31.0 Å². The number of benzene rings is 1. The minimum atomic E-state index is 0.273. The smallest absolute Gasteiger partial charge is 0.232 e. The Kier molecular flexibility index (Phi) is 6.01. The van der Waals surface area contributed by atoms with Crippen LogP contribution in [0.15, 0.2) is 35.2 Å². The molecule has 23 heavy (non-hydrogen) atoms. The number of amides is 1. The third-order valence-corrected chi connectivity index (χ3v) is 6.30. The molecule has 3 rings (SSSR count). The first kappa shape index (κ1) is 16.8. The standard InChI is InChI=1S/C19H28N2OS/c1-20(19(22)15-23-16-9-3-2-4-10-16)17-11-5-6-12-18(17)21-13-7-8-14-21/h2-4,9-10,17-18H,5-8,11-15H2,1H3/t17-,18-/m1/s1. The maximum absolute atomic E-state index is 12.7. The van der Waals surface area contributed by atoms with E-state index in [1.165, 1.54) is 56.5 Å². The first-order valence-corrected chi connectivity index (χ1v) is 9.92. The van der Waals surface area contributed by atoms with Gasteiger partial charge in [-0.3, -0.25) is 9.69 Å². The van der Waals surface area contributed by atoms with Crippen LogP contribution in [0.3, 0.4) is 0 Å². The molecular formula is C19H28N2OS. The number of likely N-dealkylation sites (tertiary alicyclic amines) is 1. The fourth-order valence-corrected chi connectivity index (χ4v) is 4.83. The number of hydrogen-bond acceptors (Lipinski definition) is 3. The Morgan fingerprint density at radius 1 is 1.13 bits per heavy atom. The van der Waals surface area contributed by atoms with E-state index >= 15 is 0 Å². The van der Waals surface area contributed by atoms with Gasteiger partial charge in [-0.15, -0.1) is 11.8 Å². The summed E-state index contributed by atoms with van der Waals surface area (Å²) in [5.41, 5.74) is 0. The average molecular weight is 333 g/mol. The Bertz CT molecular complexity index is 501. The second-order valence-corrected chi connectivity index (χ2v) is 7.82. The number of rotatable bonds is 5. The minimum Gasteiger partial charge on any atom is -0.340 e. The van der Waals surface area contributed by atoms with E-state index in [0.29, 0.717) is 17.8 Å². The highest BCUT2D eigenvalue weighted by Gasteiger charge is 2.35. The zero-order valence-corrected chi connectivity index (χ0v) is 14.9. The monoisotopic (exact) mass is 332 g/mol. The van der Waals surface area contributed by atoms with E-state index in [1.54, 1.807) is 11.8 Å². The number of thioether (sulfide) groups is 1. The Morgan fingerprint density at radius 2 is 1.83 bits per heavy atom. The second kappa shape index (κ2) is 8.20. The number of carbonyl (C=O) groups excluding carboxylic acids is 1. The first-order valence-electron chi connectivity index (χ1n) is 8.93. The zero-order valence-electron chi connectivity index (χ0n) is 14.1. The Hall–Kier alpha value is -1.00. The SMILES string of the molecule is CN(C(=O)CSc1ccccc1)[C@@H]1CCCC[C@H]1N1CCCC1. The van der Waals surface area contributed by atoms with Gasteiger partial charge in [0.2, 0.25) is 5.91 Å². The van der Waals surface area contributed by atoms with E-state index < -0.39 is 0 Å². The molecule has 1 aliphatic carbocycles. The van der Waals surface area contributed by atoms with Crippen LogP contribution in [-0.4, -0.2) is 53.7 Å². The summed E-state index contributed by atoms with van der Waals surface area (Å²) in [5, 5.41) is 0. The lowest BCUT2D eigenvalue weighted by atomic mass is 9.88. The van der Waals surface area contributed by atoms with Crippen molar-refractivity contribution in [3.05, 3.63) is 30.3 Å². The lowest BCUT2D eigenvalue weighted by Gasteiger charge is -2.42. The normalized spacial score (nSPS) is 25.4. The van der Waals surface area contributed by atoms with Crippen molar-refractivity contribution >= 4 is 17.7 Å². The van der Waals surface area contributed by atoms with Gasteiger partial charge in [-0.25, -0.2) is 0 Å². The van der Waals surface area contributed by atoms with Crippen LogP contribution < -0.4 is 0 Å². The highest BCUT2D eigenvalue weighted by Crippen LogP contribution is 2.29. The second-order valence-electron chi connectivity index (χ2n) is 6.77. The van der Waals surface area contributed by atoms with Gasteiger partial charge in [0.15, 0.2) is 0 Å². The summed E-state index contributed by atoms with van der Waals surface area (Å²) >= 11 is 1.65. The minimum absolute atomic E-state index is 0.273. The lowest BCUT2D eigenvalue weighted by Crippen LogP contribution is -2.53. The third kappa shape index (κ3) is 4.30. The van der Waals surface area contributed by atoms with Crippen molar-refractivity contribution < 1.29 is 4.79 Å². The Labute approximate surface area is 144 Å². The van der Waals surface area contributed by atoms with Crippen molar-refractivity contribution in [1.82, 2.24) is 9.80 Å². The molecule has 1 aromatic rings. The van der Waals surface area contributed by atoms with Crippen LogP contribution in [0.5, 0.6) is 0 Å². The molecule has 2 fully saturated rings. The molecule has 2 atom stereocenters. The Balaban J connectivity index is 1.58. The predicted molar refractivity (Wildman–Crippen MR) is 96.8 cm³/mol. The maximum atomic E-state index is 12.7. The van der Waals surface area contributed by atoms with Crippen molar-refractivity contribution in [3.63, 3.8) is 0 Å². The molecule has 1 heterocycles. The fourth-order valence-electron chi connectivity index (χ4n) is 3.99. The van der Waals surface area contributed by atoms with Gasteiger partial charge in [-0.05, 0) is 50.9 Å². The molecule has 1 aromatic carbocycles. The van der Waals surface area contributed by atoms with E-state index in [9.17, 15) is 4.79 Å². The molecule has 1 aliphatic heterocycles. The fraction of sp³-hybridized carbons (Fsp3) is 0.632. The number of nitrogens with zero attached hydrogens (tertiary/aromatic N) is 2. The highest BCUT2D eigenvalue weighted by molar-refractivity contribution is 8.00. The van der Waals surface area contributed by atoms with Crippen LogP contribution in [0.4, 0.5) is 0 Å². The molecule has 1 amide bonds. The summed E-state index contributed by atoms with van der Waals surface area (Å²) in [5.74, 6) is 0.818. The van der Waals surface area contributed by atoms with Crippen LogP contribution in [0, 0.1) is 0 Å². The highest BCUT2D eigenvalue weighted by atomic mass is 32.2. The third-order valence-electron chi connectivity index (χ3n) is 5.30. The molecule has 1 saturated heterocycles. The van der Waals surface area contributed by atoms with Crippen LogP contribution in [-0.2, 0) is 4.79 Å². The van der Waals surface area contributed by atoms with Gasteiger partial charge in [0.05, 0.1) is 5.75 Å². The van der Waals surface area contributed by atoms with Gasteiger partial charge >= 0.3 is 0 Å². The molecule has 4 heteroatoms. The van der Waals surface area contributed by atoms with Crippen molar-refractivity contribution in [2.45, 2.75) is 55.5 Å². The topological polar surface area (TPSA) is 23.6 Å². The largest absolute Gasteiger partial charge is 0.340 e. The molecule has 0 aromatic heterocycles. The zero-order chi connectivity index (χ0) is 16.1. The van der Waals surface area contributed by atoms with Gasteiger partial charge in [0, 0.05) is 24.0 Å². The maximum Gasteiger partial charge on any atom is 0.232 e. The summed E-state index contributed by atoms with van der Waals surface area (Å²) in [6.45, 7) is 2.45. The number of likely N-dealkylation sites (N-methyl/N-ethyl adjacent to an activating group) is 1. The van der Waals surface area contributed by atoms with Crippen molar-refractivity contribution in [3.8, 4) is 0 Å². The number of hydrogen-bond donors (Lipinski definition) is 0. The van der Waals surface area contributed by atoms with Crippen LogP contribution >= 0.6 is 11.8 Å². The van der Waals surface area contributed by atoms with Crippen molar-refractivity contribution in [2.24, 2.45) is 0 Å². The van der Waals surface area contributed by atoms with Crippen LogP contribution in [0.25, 0.3) is 0 Å². The summed E-state index contributed by atoms with van der Waals surface area (Å²) in [4.78, 5) is 18.5. The molecular weight excluding hydrogens is 304 g/mol. The molecule has 0 unspecified atom stereocenters. The predicted octanol–water partition coefficient (Wildman–Crippen LogP) is 3.64. The summed E-state index contributed by atoms with van der Waals surface area (Å²) in [6.07, 6.45) is 7.65. The summed E-state index contributed by atoms with van der Waals surface area (Å²) in [6, 6.07) is 11.2. The van der Waals surface area contributed by atoms with Gasteiger partial charge < -0.3 is 4.90 Å². The number of carbonyl (C=O) groups is 1. The van der Waals surface area contributed by atoms with Crippen molar-refractivity contribution in [2.75, 3.05) is 25.9 Å². The van der Waals surface area contributed by atoms with Crippen LogP contribution in [0.2, 0.25) is 0 Å². The van der Waals surface area contributed by atoms with E-state index in [1.807, 2.05) is 25.2 Å². The van der Waals surface area contributed by atoms with Gasteiger partial charge in [0.25, 0.3) is 0 Å². The first-order chi connectivity index (χ1) is 11.3. The van der Waals surface area contributed by atoms with E-state index in [2.05, 4.69) is 21.9 Å². The van der Waals surface area contributed by atoms with Gasteiger partial charge in [-0.2, -0.15) is 0 Å². The van der Waals surface area contributed by atoms with E-state index in [-0.39, 0.29) is 5.91 Å². The molecule has 0 N–H and O–H groups in total. The summed E-state index contributed by atoms with van der Waals surface area (Å²) in [7, 11) is 2.02.